The van der Waals surface area contributed by atoms with E-state index in [0.717, 1.165) is 43.5 Å². The van der Waals surface area contributed by atoms with Crippen molar-refractivity contribution >= 4 is 34.2 Å². The zero-order valence-electron chi connectivity index (χ0n) is 19.6. The van der Waals surface area contributed by atoms with E-state index in [2.05, 4.69) is 30.9 Å². The van der Waals surface area contributed by atoms with Crippen LogP contribution in [0.25, 0.3) is 11.0 Å². The summed E-state index contributed by atoms with van der Waals surface area (Å²) >= 11 is 0. The molecule has 2 amide bonds. The number of carbonyl (C=O) groups excluding carboxylic acids is 2. The van der Waals surface area contributed by atoms with Crippen molar-refractivity contribution in [2.75, 3.05) is 23.8 Å². The first-order valence-electron chi connectivity index (χ1n) is 12.1. The van der Waals surface area contributed by atoms with Gasteiger partial charge in [0, 0.05) is 19.3 Å². The van der Waals surface area contributed by atoms with E-state index in [-0.39, 0.29) is 36.8 Å². The van der Waals surface area contributed by atoms with E-state index >= 15 is 0 Å². The van der Waals surface area contributed by atoms with Crippen LogP contribution >= 0.6 is 0 Å². The number of aromatic amines is 1. The van der Waals surface area contributed by atoms with Crippen LogP contribution in [0.4, 0.5) is 11.4 Å². The average molecular weight is 479 g/mol. The van der Waals surface area contributed by atoms with Crippen molar-refractivity contribution in [1.29, 1.82) is 0 Å². The van der Waals surface area contributed by atoms with Crippen LogP contribution in [0.1, 0.15) is 48.7 Å². The third-order valence-corrected chi connectivity index (χ3v) is 6.96. The Morgan fingerprint density at radius 1 is 1.26 bits per heavy atom. The summed E-state index contributed by atoms with van der Waals surface area (Å²) in [7, 11) is 0. The summed E-state index contributed by atoms with van der Waals surface area (Å²) in [6, 6.07) is 5.41. The molecule has 0 bridgehead atoms. The average Bonchev–Trinajstić information content (AvgIpc) is 3.29. The second-order valence-electron chi connectivity index (χ2n) is 9.40. The molecule has 0 radical (unpaired) electrons. The van der Waals surface area contributed by atoms with Gasteiger partial charge in [-0.15, -0.1) is 0 Å². The number of nitrogens with one attached hydrogen (secondary N) is 4. The second kappa shape index (κ2) is 9.91. The molecule has 1 aliphatic heterocycles. The number of aliphatic hydroxyl groups is 1. The zero-order valence-corrected chi connectivity index (χ0v) is 19.6. The third-order valence-electron chi connectivity index (χ3n) is 6.96. The van der Waals surface area contributed by atoms with Crippen molar-refractivity contribution < 1.29 is 19.4 Å². The predicted molar refractivity (Wildman–Crippen MR) is 131 cm³/mol. The highest BCUT2D eigenvalue weighted by Crippen LogP contribution is 2.32. The van der Waals surface area contributed by atoms with Crippen molar-refractivity contribution in [2.24, 2.45) is 11.8 Å². The first kappa shape index (κ1) is 23.1. The highest BCUT2D eigenvalue weighted by Gasteiger charge is 2.24. The number of fused-ring (bicyclic) bond motifs is 2. The Bertz CT molecular complexity index is 1230. The molecule has 5 rings (SSSR count). The minimum atomic E-state index is -0.319. The van der Waals surface area contributed by atoms with Gasteiger partial charge in [0.1, 0.15) is 17.6 Å². The molecule has 0 saturated heterocycles. The highest BCUT2D eigenvalue weighted by atomic mass is 16.5. The summed E-state index contributed by atoms with van der Waals surface area (Å²) in [5, 5.41) is 18.9. The standard InChI is InChI=1S/C25H30N6O4/c1-14(32)17-5-2-15(3-6-17)9-26-19-11-27-23-22(19)29-13-30-24(23)25(34)28-10-16-4-7-20-18(8-16)31-21(33)12-35-20/h4,7-8,11,13-15,17,26-27,32H,2-3,5-6,9-10,12H2,1H3,(H,28,34)(H,31,33). The fourth-order valence-electron chi connectivity index (χ4n) is 4.88. The van der Waals surface area contributed by atoms with Crippen LogP contribution < -0.4 is 20.7 Å². The van der Waals surface area contributed by atoms with Crippen molar-refractivity contribution in [3.63, 3.8) is 0 Å². The zero-order chi connectivity index (χ0) is 24.4. The highest BCUT2D eigenvalue weighted by molar-refractivity contribution is 6.05. The number of carbonyl (C=O) groups is 2. The van der Waals surface area contributed by atoms with Crippen LogP contribution in [0.3, 0.4) is 0 Å². The van der Waals surface area contributed by atoms with Crippen molar-refractivity contribution in [3.8, 4) is 5.75 Å². The van der Waals surface area contributed by atoms with Crippen LogP contribution in [0.15, 0.2) is 30.7 Å². The minimum absolute atomic E-state index is 0.00387. The van der Waals surface area contributed by atoms with Gasteiger partial charge in [-0.25, -0.2) is 9.97 Å². The number of benzene rings is 1. The number of hydrogen-bond acceptors (Lipinski definition) is 7. The van der Waals surface area contributed by atoms with E-state index < -0.39 is 0 Å². The molecule has 2 aromatic heterocycles. The van der Waals surface area contributed by atoms with E-state index in [0.29, 0.717) is 34.3 Å². The molecule has 1 atom stereocenters. The Morgan fingerprint density at radius 2 is 2.09 bits per heavy atom. The Labute approximate surface area is 202 Å². The minimum Gasteiger partial charge on any atom is -0.482 e. The third kappa shape index (κ3) is 5.07. The maximum Gasteiger partial charge on any atom is 0.272 e. The molecule has 1 unspecified atom stereocenters. The molecule has 5 N–H and O–H groups in total. The number of aliphatic hydroxyl groups excluding tert-OH is 1. The fraction of sp³-hybridized carbons (Fsp3) is 0.440. The smallest absolute Gasteiger partial charge is 0.272 e. The summed E-state index contributed by atoms with van der Waals surface area (Å²) in [6.07, 6.45) is 7.26. The molecule has 3 heterocycles. The molecule has 2 aliphatic rings. The number of H-pyrrole nitrogens is 1. The van der Waals surface area contributed by atoms with Crippen molar-refractivity contribution in [1.82, 2.24) is 20.3 Å². The number of ether oxygens (including phenoxy) is 1. The summed E-state index contributed by atoms with van der Waals surface area (Å²) in [6.45, 7) is 2.98. The van der Waals surface area contributed by atoms with Gasteiger partial charge in [-0.3, -0.25) is 9.59 Å². The monoisotopic (exact) mass is 478 g/mol. The molecular weight excluding hydrogens is 448 g/mol. The molecule has 10 nitrogen and oxygen atoms in total. The van der Waals surface area contributed by atoms with Gasteiger partial charge in [0.15, 0.2) is 12.3 Å². The second-order valence-corrected chi connectivity index (χ2v) is 9.40. The number of nitrogens with zero attached hydrogens (tertiary/aromatic N) is 2. The summed E-state index contributed by atoms with van der Waals surface area (Å²) < 4.78 is 5.37. The van der Waals surface area contributed by atoms with E-state index in [4.69, 9.17) is 4.74 Å². The number of anilines is 2. The molecule has 0 spiro atoms. The number of rotatable bonds is 7. The molecule has 1 aromatic carbocycles. The normalized spacial score (nSPS) is 20.5. The lowest BCUT2D eigenvalue weighted by atomic mass is 9.80. The van der Waals surface area contributed by atoms with Gasteiger partial charge in [-0.1, -0.05) is 6.07 Å². The number of hydrogen-bond donors (Lipinski definition) is 5. The van der Waals surface area contributed by atoms with Gasteiger partial charge in [-0.05, 0) is 62.1 Å². The van der Waals surface area contributed by atoms with Gasteiger partial charge >= 0.3 is 0 Å². The van der Waals surface area contributed by atoms with Crippen LogP contribution in [-0.4, -0.2) is 51.1 Å². The molecule has 10 heteroatoms. The quantitative estimate of drug-likeness (QED) is 0.352. The SMILES string of the molecule is CC(O)C1CCC(CNc2c[nH]c3c(C(=O)NCc4ccc5c(c4)NC(=O)CO5)ncnc23)CC1. The summed E-state index contributed by atoms with van der Waals surface area (Å²) in [5.41, 5.74) is 3.80. The maximum absolute atomic E-state index is 12.9. The summed E-state index contributed by atoms with van der Waals surface area (Å²) in [5.74, 6) is 1.04. The van der Waals surface area contributed by atoms with Crippen LogP contribution in [0.5, 0.6) is 5.75 Å². The van der Waals surface area contributed by atoms with Crippen LogP contribution in [0.2, 0.25) is 0 Å². The lowest BCUT2D eigenvalue weighted by Gasteiger charge is -2.30. The maximum atomic E-state index is 12.9. The predicted octanol–water partition coefficient (Wildman–Crippen LogP) is 2.82. The van der Waals surface area contributed by atoms with E-state index in [1.165, 1.54) is 6.33 Å². The Balaban J connectivity index is 1.21. The van der Waals surface area contributed by atoms with Gasteiger partial charge in [0.25, 0.3) is 11.8 Å². The molecule has 1 aliphatic carbocycles. The van der Waals surface area contributed by atoms with Gasteiger partial charge < -0.3 is 30.8 Å². The molecule has 3 aromatic rings. The number of amides is 2. The first-order chi connectivity index (χ1) is 17.0. The van der Waals surface area contributed by atoms with E-state index in [9.17, 15) is 14.7 Å². The topological polar surface area (TPSA) is 141 Å². The number of aromatic nitrogens is 3. The van der Waals surface area contributed by atoms with Crippen LogP contribution in [-0.2, 0) is 11.3 Å². The van der Waals surface area contributed by atoms with Gasteiger partial charge in [-0.2, -0.15) is 0 Å². The molecule has 1 saturated carbocycles. The molecule has 184 valence electrons. The lowest BCUT2D eigenvalue weighted by Crippen LogP contribution is -2.26. The fourth-order valence-corrected chi connectivity index (χ4v) is 4.88. The lowest BCUT2D eigenvalue weighted by molar-refractivity contribution is -0.118. The Morgan fingerprint density at radius 3 is 2.89 bits per heavy atom. The van der Waals surface area contributed by atoms with Crippen molar-refractivity contribution in [2.45, 2.75) is 45.3 Å². The molecule has 35 heavy (non-hydrogen) atoms. The first-order valence-corrected chi connectivity index (χ1v) is 12.1. The Hall–Kier alpha value is -3.66. The van der Waals surface area contributed by atoms with E-state index in [1.54, 1.807) is 12.1 Å². The molecule has 1 fully saturated rings. The van der Waals surface area contributed by atoms with Crippen LogP contribution in [0, 0.1) is 11.8 Å². The largest absolute Gasteiger partial charge is 0.482 e. The Kier molecular flexibility index (Phi) is 6.54. The van der Waals surface area contributed by atoms with Gasteiger partial charge in [0.05, 0.1) is 23.0 Å². The van der Waals surface area contributed by atoms with E-state index in [1.807, 2.05) is 19.2 Å². The molecular formula is C25H30N6O4. The van der Waals surface area contributed by atoms with Crippen molar-refractivity contribution in [3.05, 3.63) is 42.0 Å². The van der Waals surface area contributed by atoms with Gasteiger partial charge in [0.2, 0.25) is 0 Å². The summed E-state index contributed by atoms with van der Waals surface area (Å²) in [4.78, 5) is 36.2.